The van der Waals surface area contributed by atoms with Gasteiger partial charge in [0.25, 0.3) is 0 Å². The molecular weight excluding hydrogens is 305 g/mol. The maximum atomic E-state index is 12.9. The minimum absolute atomic E-state index is 0.170. The summed E-state index contributed by atoms with van der Waals surface area (Å²) >= 11 is 10.3. The van der Waals surface area contributed by atoms with Crippen molar-refractivity contribution < 1.29 is 9.18 Å². The van der Waals surface area contributed by atoms with Crippen LogP contribution in [0.4, 0.5) is 10.1 Å². The van der Waals surface area contributed by atoms with Gasteiger partial charge in [0.05, 0.1) is 16.5 Å². The fourth-order valence-corrected chi connectivity index (χ4v) is 2.20. The van der Waals surface area contributed by atoms with Crippen LogP contribution in [-0.2, 0) is 4.79 Å². The number of thioether (sulfide) groups is 1. The molecule has 0 saturated heterocycles. The highest BCUT2D eigenvalue weighted by atomic mass is 79.9. The highest BCUT2D eigenvalue weighted by Gasteiger charge is 2.10. The van der Waals surface area contributed by atoms with Crippen molar-refractivity contribution >= 4 is 50.9 Å². The number of rotatable bonds is 3. The standard InChI is InChI=1S/C9H8BrClFNOS/c1-15-4-8(14)13-9-6(10)2-5(12)3-7(9)11/h2-3H,4H2,1H3,(H,13,14). The third-order valence-corrected chi connectivity index (χ3v) is 3.02. The molecule has 15 heavy (non-hydrogen) atoms. The lowest BCUT2D eigenvalue weighted by Crippen LogP contribution is -2.14. The maximum absolute atomic E-state index is 12.9. The smallest absolute Gasteiger partial charge is 0.234 e. The summed E-state index contributed by atoms with van der Waals surface area (Å²) in [6.07, 6.45) is 1.82. The topological polar surface area (TPSA) is 29.1 Å². The number of halogens is 3. The Balaban J connectivity index is 2.90. The number of hydrogen-bond acceptors (Lipinski definition) is 2. The van der Waals surface area contributed by atoms with Gasteiger partial charge in [-0.15, -0.1) is 0 Å². The number of anilines is 1. The van der Waals surface area contributed by atoms with Gasteiger partial charge in [-0.05, 0) is 34.3 Å². The Hall–Kier alpha value is -0.260. The van der Waals surface area contributed by atoms with Gasteiger partial charge in [-0.3, -0.25) is 4.79 Å². The quantitative estimate of drug-likeness (QED) is 0.925. The van der Waals surface area contributed by atoms with E-state index in [-0.39, 0.29) is 10.9 Å². The van der Waals surface area contributed by atoms with Crippen molar-refractivity contribution in [1.29, 1.82) is 0 Å². The molecular formula is C9H8BrClFNOS. The first-order chi connectivity index (χ1) is 7.04. The van der Waals surface area contributed by atoms with Crippen molar-refractivity contribution in [1.82, 2.24) is 0 Å². The van der Waals surface area contributed by atoms with Crippen LogP contribution >= 0.6 is 39.3 Å². The highest BCUT2D eigenvalue weighted by Crippen LogP contribution is 2.31. The van der Waals surface area contributed by atoms with Crippen LogP contribution in [0.1, 0.15) is 0 Å². The average Bonchev–Trinajstić information content (AvgIpc) is 2.11. The van der Waals surface area contributed by atoms with E-state index in [1.165, 1.54) is 17.8 Å². The van der Waals surface area contributed by atoms with E-state index in [0.717, 1.165) is 6.07 Å². The largest absolute Gasteiger partial charge is 0.323 e. The van der Waals surface area contributed by atoms with Gasteiger partial charge in [-0.2, -0.15) is 11.8 Å². The zero-order valence-corrected chi connectivity index (χ0v) is 11.0. The summed E-state index contributed by atoms with van der Waals surface area (Å²) in [5.41, 5.74) is 0.400. The zero-order chi connectivity index (χ0) is 11.4. The number of hydrogen-bond donors (Lipinski definition) is 1. The Bertz CT molecular complexity index is 365. The van der Waals surface area contributed by atoms with Crippen molar-refractivity contribution in [2.75, 3.05) is 17.3 Å². The van der Waals surface area contributed by atoms with Crippen LogP contribution in [-0.4, -0.2) is 17.9 Å². The lowest BCUT2D eigenvalue weighted by Gasteiger charge is -2.08. The predicted molar refractivity (Wildman–Crippen MR) is 66.1 cm³/mol. The summed E-state index contributed by atoms with van der Waals surface area (Å²) in [6.45, 7) is 0. The molecule has 82 valence electrons. The van der Waals surface area contributed by atoms with Gasteiger partial charge in [0.15, 0.2) is 0 Å². The molecule has 0 unspecified atom stereocenters. The fourth-order valence-electron chi connectivity index (χ4n) is 0.968. The first kappa shape index (κ1) is 12.8. The molecule has 0 aliphatic rings. The minimum Gasteiger partial charge on any atom is -0.323 e. The minimum atomic E-state index is -0.449. The second-order valence-electron chi connectivity index (χ2n) is 2.73. The number of amides is 1. The lowest BCUT2D eigenvalue weighted by atomic mass is 10.3. The van der Waals surface area contributed by atoms with E-state index in [0.29, 0.717) is 15.9 Å². The normalized spacial score (nSPS) is 10.1. The van der Waals surface area contributed by atoms with Crippen molar-refractivity contribution in [2.45, 2.75) is 0 Å². The fraction of sp³-hybridized carbons (Fsp3) is 0.222. The Kier molecular flexibility index (Phi) is 4.89. The SMILES string of the molecule is CSCC(=O)Nc1c(Cl)cc(F)cc1Br. The average molecular weight is 313 g/mol. The lowest BCUT2D eigenvalue weighted by molar-refractivity contribution is -0.113. The molecule has 1 N–H and O–H groups in total. The van der Waals surface area contributed by atoms with E-state index in [1.807, 2.05) is 6.26 Å². The van der Waals surface area contributed by atoms with Gasteiger partial charge in [-0.25, -0.2) is 4.39 Å². The first-order valence-corrected chi connectivity index (χ1v) is 6.54. The second-order valence-corrected chi connectivity index (χ2v) is 4.85. The molecule has 2 nitrogen and oxygen atoms in total. The zero-order valence-electron chi connectivity index (χ0n) is 7.81. The summed E-state index contributed by atoms with van der Waals surface area (Å²) in [7, 11) is 0. The van der Waals surface area contributed by atoms with E-state index in [1.54, 1.807) is 0 Å². The van der Waals surface area contributed by atoms with Gasteiger partial charge < -0.3 is 5.32 Å². The Morgan fingerprint density at radius 1 is 1.67 bits per heavy atom. The molecule has 0 aromatic heterocycles. The molecule has 1 amide bonds. The molecule has 0 aliphatic heterocycles. The molecule has 0 bridgehead atoms. The maximum Gasteiger partial charge on any atom is 0.234 e. The first-order valence-electron chi connectivity index (χ1n) is 3.98. The molecule has 0 fully saturated rings. The summed E-state index contributed by atoms with van der Waals surface area (Å²) in [6, 6.07) is 2.40. The van der Waals surface area contributed by atoms with Gasteiger partial charge >= 0.3 is 0 Å². The number of nitrogens with one attached hydrogen (secondary N) is 1. The number of carbonyl (C=O) groups is 1. The van der Waals surface area contributed by atoms with Crippen LogP contribution in [0.5, 0.6) is 0 Å². The highest BCUT2D eigenvalue weighted by molar-refractivity contribution is 9.10. The number of carbonyl (C=O) groups excluding carboxylic acids is 1. The molecule has 0 atom stereocenters. The van der Waals surface area contributed by atoms with Crippen LogP contribution in [0.25, 0.3) is 0 Å². The third-order valence-electron chi connectivity index (χ3n) is 1.55. The van der Waals surface area contributed by atoms with E-state index in [9.17, 15) is 9.18 Å². The van der Waals surface area contributed by atoms with Gasteiger partial charge in [0.2, 0.25) is 5.91 Å². The molecule has 0 saturated carbocycles. The summed E-state index contributed by atoms with van der Waals surface area (Å²) < 4.78 is 13.3. The Morgan fingerprint density at radius 2 is 2.33 bits per heavy atom. The van der Waals surface area contributed by atoms with Crippen molar-refractivity contribution in [2.24, 2.45) is 0 Å². The molecule has 0 heterocycles. The molecule has 0 radical (unpaired) electrons. The van der Waals surface area contributed by atoms with Crippen LogP contribution in [0, 0.1) is 5.82 Å². The van der Waals surface area contributed by atoms with Crippen molar-refractivity contribution in [3.8, 4) is 0 Å². The van der Waals surface area contributed by atoms with Crippen LogP contribution < -0.4 is 5.32 Å². The van der Waals surface area contributed by atoms with Crippen LogP contribution in [0.15, 0.2) is 16.6 Å². The molecule has 6 heteroatoms. The van der Waals surface area contributed by atoms with Crippen molar-refractivity contribution in [3.63, 3.8) is 0 Å². The molecule has 1 aromatic rings. The van der Waals surface area contributed by atoms with Gasteiger partial charge in [0.1, 0.15) is 5.82 Å². The Morgan fingerprint density at radius 3 is 2.87 bits per heavy atom. The molecule has 0 spiro atoms. The van der Waals surface area contributed by atoms with Crippen LogP contribution in [0.3, 0.4) is 0 Å². The van der Waals surface area contributed by atoms with Crippen molar-refractivity contribution in [3.05, 3.63) is 27.4 Å². The van der Waals surface area contributed by atoms with E-state index < -0.39 is 5.82 Å². The van der Waals surface area contributed by atoms with E-state index >= 15 is 0 Å². The number of benzene rings is 1. The molecule has 0 aliphatic carbocycles. The summed E-state index contributed by atoms with van der Waals surface area (Å²) in [4.78, 5) is 11.3. The monoisotopic (exact) mass is 311 g/mol. The molecule has 1 aromatic carbocycles. The van der Waals surface area contributed by atoms with E-state index in [4.69, 9.17) is 11.6 Å². The summed E-state index contributed by atoms with van der Waals surface area (Å²) in [5, 5.41) is 2.78. The summed E-state index contributed by atoms with van der Waals surface area (Å²) in [5.74, 6) is -0.286. The van der Waals surface area contributed by atoms with E-state index in [2.05, 4.69) is 21.2 Å². The Labute approximate surface area is 105 Å². The van der Waals surface area contributed by atoms with Gasteiger partial charge in [0, 0.05) is 4.47 Å². The van der Waals surface area contributed by atoms with Crippen LogP contribution in [0.2, 0.25) is 5.02 Å². The van der Waals surface area contributed by atoms with Gasteiger partial charge in [-0.1, -0.05) is 11.6 Å². The second kappa shape index (κ2) is 5.72. The predicted octanol–water partition coefficient (Wildman–Crippen LogP) is 3.54. The molecule has 1 rings (SSSR count). The third kappa shape index (κ3) is 3.66.